The second kappa shape index (κ2) is 5.70. The largest absolute Gasteiger partial charge is 0.371 e. The van der Waals surface area contributed by atoms with Crippen LogP contribution in [0.25, 0.3) is 0 Å². The molecule has 0 saturated heterocycles. The first-order valence-corrected chi connectivity index (χ1v) is 6.48. The van der Waals surface area contributed by atoms with Crippen molar-refractivity contribution >= 4 is 5.69 Å². The number of anilines is 1. The van der Waals surface area contributed by atoms with Crippen LogP contribution in [0.2, 0.25) is 0 Å². The highest BCUT2D eigenvalue weighted by molar-refractivity contribution is 5.49. The summed E-state index contributed by atoms with van der Waals surface area (Å²) in [6.45, 7) is 9.27. The van der Waals surface area contributed by atoms with Crippen LogP contribution in [0.15, 0.2) is 18.2 Å². The Morgan fingerprint density at radius 1 is 1.28 bits per heavy atom. The first-order valence-electron chi connectivity index (χ1n) is 6.48. The molecular formula is C15H25FN2. The quantitative estimate of drug-likeness (QED) is 0.891. The maximum Gasteiger partial charge on any atom is 0.125 e. The van der Waals surface area contributed by atoms with Gasteiger partial charge in [-0.25, -0.2) is 4.39 Å². The third-order valence-corrected chi connectivity index (χ3v) is 3.62. The van der Waals surface area contributed by atoms with Crippen LogP contribution >= 0.6 is 0 Å². The Bertz CT molecular complexity index is 396. The van der Waals surface area contributed by atoms with Crippen molar-refractivity contribution in [2.24, 2.45) is 11.1 Å². The molecule has 0 fully saturated rings. The summed E-state index contributed by atoms with van der Waals surface area (Å²) in [6.07, 6.45) is 0.711. The number of rotatable bonds is 4. The predicted octanol–water partition coefficient (Wildman–Crippen LogP) is 3.20. The molecule has 0 aliphatic carbocycles. The molecule has 18 heavy (non-hydrogen) atoms. The minimum absolute atomic E-state index is 0.148. The number of hydrogen-bond acceptors (Lipinski definition) is 2. The molecule has 1 unspecified atom stereocenters. The minimum Gasteiger partial charge on any atom is -0.371 e. The number of hydrogen-bond donors (Lipinski definition) is 1. The van der Waals surface area contributed by atoms with Crippen molar-refractivity contribution in [3.05, 3.63) is 29.6 Å². The van der Waals surface area contributed by atoms with Gasteiger partial charge in [0.25, 0.3) is 0 Å². The zero-order valence-electron chi connectivity index (χ0n) is 12.1. The average Bonchev–Trinajstić information content (AvgIpc) is 2.25. The third kappa shape index (κ3) is 3.70. The first kappa shape index (κ1) is 15.0. The van der Waals surface area contributed by atoms with Crippen LogP contribution in [0.5, 0.6) is 0 Å². The molecule has 3 heteroatoms. The van der Waals surface area contributed by atoms with Crippen LogP contribution in [-0.4, -0.2) is 19.6 Å². The summed E-state index contributed by atoms with van der Waals surface area (Å²) in [7, 11) is 2.01. The van der Waals surface area contributed by atoms with Gasteiger partial charge in [-0.3, -0.25) is 0 Å². The molecule has 1 aromatic carbocycles. The van der Waals surface area contributed by atoms with E-state index in [1.54, 1.807) is 12.1 Å². The second-order valence-corrected chi connectivity index (χ2v) is 6.01. The van der Waals surface area contributed by atoms with E-state index < -0.39 is 0 Å². The Morgan fingerprint density at radius 3 is 2.39 bits per heavy atom. The number of benzene rings is 1. The van der Waals surface area contributed by atoms with E-state index in [-0.39, 0.29) is 11.2 Å². The van der Waals surface area contributed by atoms with Crippen LogP contribution in [-0.2, 0) is 6.42 Å². The Morgan fingerprint density at radius 2 is 1.89 bits per heavy atom. The van der Waals surface area contributed by atoms with Gasteiger partial charge in [0.1, 0.15) is 5.82 Å². The lowest BCUT2D eigenvalue weighted by molar-refractivity contribution is 0.329. The van der Waals surface area contributed by atoms with Gasteiger partial charge in [0.15, 0.2) is 0 Å². The Kier molecular flexibility index (Phi) is 4.74. The lowest BCUT2D eigenvalue weighted by Crippen LogP contribution is -2.39. The molecule has 0 saturated carbocycles. The van der Waals surface area contributed by atoms with E-state index in [4.69, 9.17) is 5.73 Å². The smallest absolute Gasteiger partial charge is 0.125 e. The lowest BCUT2D eigenvalue weighted by Gasteiger charge is -2.37. The number of halogens is 1. The zero-order chi connectivity index (χ0) is 13.9. The normalized spacial score (nSPS) is 13.5. The summed E-state index contributed by atoms with van der Waals surface area (Å²) in [4.78, 5) is 2.13. The molecule has 0 spiro atoms. The van der Waals surface area contributed by atoms with Gasteiger partial charge in [-0.2, -0.15) is 0 Å². The third-order valence-electron chi connectivity index (χ3n) is 3.62. The summed E-state index contributed by atoms with van der Waals surface area (Å²) < 4.78 is 13.6. The SMILES string of the molecule is CC(N(C)c1cc(F)cc(CCN)c1)C(C)(C)C. The van der Waals surface area contributed by atoms with Gasteiger partial charge in [-0.1, -0.05) is 20.8 Å². The maximum absolute atomic E-state index is 13.6. The van der Waals surface area contributed by atoms with Gasteiger partial charge in [-0.05, 0) is 49.1 Å². The highest BCUT2D eigenvalue weighted by atomic mass is 19.1. The van der Waals surface area contributed by atoms with Crippen LogP contribution in [0, 0.1) is 11.2 Å². The highest BCUT2D eigenvalue weighted by Crippen LogP contribution is 2.28. The maximum atomic E-state index is 13.6. The fraction of sp³-hybridized carbons (Fsp3) is 0.600. The molecule has 0 amide bonds. The molecule has 102 valence electrons. The van der Waals surface area contributed by atoms with Crippen molar-refractivity contribution < 1.29 is 4.39 Å². The van der Waals surface area contributed by atoms with Gasteiger partial charge >= 0.3 is 0 Å². The molecule has 0 heterocycles. The molecule has 1 rings (SSSR count). The molecule has 0 bridgehead atoms. The topological polar surface area (TPSA) is 29.3 Å². The summed E-state index contributed by atoms with van der Waals surface area (Å²) >= 11 is 0. The van der Waals surface area contributed by atoms with Crippen molar-refractivity contribution in [2.75, 3.05) is 18.5 Å². The van der Waals surface area contributed by atoms with Crippen molar-refractivity contribution in [1.29, 1.82) is 0 Å². The van der Waals surface area contributed by atoms with Crippen LogP contribution in [0.4, 0.5) is 10.1 Å². The molecular weight excluding hydrogens is 227 g/mol. The minimum atomic E-state index is -0.191. The fourth-order valence-corrected chi connectivity index (χ4v) is 1.95. The van der Waals surface area contributed by atoms with E-state index in [1.165, 1.54) is 0 Å². The first-order chi connectivity index (χ1) is 8.25. The molecule has 1 atom stereocenters. The van der Waals surface area contributed by atoms with E-state index in [2.05, 4.69) is 32.6 Å². The van der Waals surface area contributed by atoms with Gasteiger partial charge in [0, 0.05) is 18.8 Å². The van der Waals surface area contributed by atoms with Gasteiger partial charge < -0.3 is 10.6 Å². The average molecular weight is 252 g/mol. The monoisotopic (exact) mass is 252 g/mol. The predicted molar refractivity (Wildman–Crippen MR) is 76.5 cm³/mol. The summed E-state index contributed by atoms with van der Waals surface area (Å²) in [5.74, 6) is -0.191. The van der Waals surface area contributed by atoms with E-state index >= 15 is 0 Å². The molecule has 0 radical (unpaired) electrons. The zero-order valence-corrected chi connectivity index (χ0v) is 12.1. The van der Waals surface area contributed by atoms with E-state index in [1.807, 2.05) is 13.1 Å². The van der Waals surface area contributed by atoms with Crippen molar-refractivity contribution in [2.45, 2.75) is 40.2 Å². The van der Waals surface area contributed by atoms with E-state index in [9.17, 15) is 4.39 Å². The lowest BCUT2D eigenvalue weighted by atomic mass is 9.87. The van der Waals surface area contributed by atoms with Crippen molar-refractivity contribution in [3.8, 4) is 0 Å². The van der Waals surface area contributed by atoms with E-state index in [0.717, 1.165) is 11.3 Å². The van der Waals surface area contributed by atoms with Crippen LogP contribution < -0.4 is 10.6 Å². The van der Waals surface area contributed by atoms with Crippen LogP contribution in [0.1, 0.15) is 33.3 Å². The second-order valence-electron chi connectivity index (χ2n) is 6.01. The summed E-state index contributed by atoms with van der Waals surface area (Å²) in [6, 6.07) is 5.50. The fourth-order valence-electron chi connectivity index (χ4n) is 1.95. The van der Waals surface area contributed by atoms with Crippen LogP contribution in [0.3, 0.4) is 0 Å². The van der Waals surface area contributed by atoms with Gasteiger partial charge in [-0.15, -0.1) is 0 Å². The van der Waals surface area contributed by atoms with Gasteiger partial charge in [0.05, 0.1) is 0 Å². The molecule has 0 aliphatic rings. The summed E-state index contributed by atoms with van der Waals surface area (Å²) in [5, 5.41) is 0. The molecule has 0 aliphatic heterocycles. The molecule has 0 aromatic heterocycles. The standard InChI is InChI=1S/C15H25FN2/c1-11(15(2,3)4)18(5)14-9-12(6-7-17)8-13(16)10-14/h8-11H,6-7,17H2,1-5H3. The molecule has 1 aromatic rings. The van der Waals surface area contributed by atoms with Gasteiger partial charge in [0.2, 0.25) is 0 Å². The van der Waals surface area contributed by atoms with E-state index in [0.29, 0.717) is 19.0 Å². The summed E-state index contributed by atoms with van der Waals surface area (Å²) in [5.41, 5.74) is 7.55. The van der Waals surface area contributed by atoms with Crippen molar-refractivity contribution in [3.63, 3.8) is 0 Å². The Balaban J connectivity index is 3.01. The van der Waals surface area contributed by atoms with Crippen molar-refractivity contribution in [1.82, 2.24) is 0 Å². The number of nitrogens with zero attached hydrogens (tertiary/aromatic N) is 1. The Hall–Kier alpha value is -1.09. The number of nitrogens with two attached hydrogens (primary N) is 1. The molecule has 2 N–H and O–H groups in total. The highest BCUT2D eigenvalue weighted by Gasteiger charge is 2.24. The molecule has 2 nitrogen and oxygen atoms in total. The Labute approximate surface area is 110 Å².